The van der Waals surface area contributed by atoms with Crippen molar-refractivity contribution in [3.05, 3.63) is 27.7 Å². The third-order valence-corrected chi connectivity index (χ3v) is 2.65. The molecule has 0 radical (unpaired) electrons. The summed E-state index contributed by atoms with van der Waals surface area (Å²) in [6, 6.07) is 2.95. The van der Waals surface area contributed by atoms with Crippen molar-refractivity contribution in [2.24, 2.45) is 0 Å². The first kappa shape index (κ1) is 13.3. The molecule has 1 rings (SSSR count). The van der Waals surface area contributed by atoms with Crippen LogP contribution in [0.3, 0.4) is 0 Å². The number of hydrogen-bond donors (Lipinski definition) is 1. The molecule has 1 N–H and O–H groups in total. The molecule has 16 heavy (non-hydrogen) atoms. The molecule has 1 aromatic rings. The highest BCUT2D eigenvalue weighted by Gasteiger charge is 2.16. The van der Waals surface area contributed by atoms with Gasteiger partial charge in [0, 0.05) is 5.02 Å². The van der Waals surface area contributed by atoms with Gasteiger partial charge in [-0.25, -0.2) is 0 Å². The van der Waals surface area contributed by atoms with Crippen molar-refractivity contribution >= 4 is 29.5 Å². The third kappa shape index (κ3) is 3.11. The van der Waals surface area contributed by atoms with Crippen LogP contribution in [0.4, 0.5) is 0 Å². The molecule has 0 aliphatic carbocycles. The molecule has 0 spiro atoms. The molecule has 1 aromatic carbocycles. The fourth-order valence-corrected chi connectivity index (χ4v) is 1.63. The highest BCUT2D eigenvalue weighted by atomic mass is 35.5. The van der Waals surface area contributed by atoms with Gasteiger partial charge >= 0.3 is 0 Å². The van der Waals surface area contributed by atoms with Gasteiger partial charge < -0.3 is 9.84 Å². The number of aliphatic hydroxyl groups excluding tert-OH is 1. The van der Waals surface area contributed by atoms with Gasteiger partial charge in [-0.1, -0.05) is 23.2 Å². The van der Waals surface area contributed by atoms with Crippen LogP contribution >= 0.6 is 23.2 Å². The van der Waals surface area contributed by atoms with E-state index in [1.54, 1.807) is 13.8 Å². The fourth-order valence-electron chi connectivity index (χ4n) is 1.08. The highest BCUT2D eigenvalue weighted by Crippen LogP contribution is 2.32. The van der Waals surface area contributed by atoms with Crippen LogP contribution in [0.5, 0.6) is 5.75 Å². The summed E-state index contributed by atoms with van der Waals surface area (Å²) in [5.41, 5.74) is 0.269. The van der Waals surface area contributed by atoms with Gasteiger partial charge in [0.1, 0.15) is 11.9 Å². The molecule has 5 heteroatoms. The first-order valence-corrected chi connectivity index (χ1v) is 5.50. The Bertz CT molecular complexity index is 391. The summed E-state index contributed by atoms with van der Waals surface area (Å²) in [5.74, 6) is 0.245. The van der Waals surface area contributed by atoms with E-state index in [1.165, 1.54) is 12.1 Å². The molecule has 3 nitrogen and oxygen atoms in total. The predicted octanol–water partition coefficient (Wildman–Crippen LogP) is 2.95. The van der Waals surface area contributed by atoms with Crippen LogP contribution < -0.4 is 4.74 Å². The summed E-state index contributed by atoms with van der Waals surface area (Å²) in [6.07, 6.45) is -0.509. The maximum absolute atomic E-state index is 10.8. The van der Waals surface area contributed by atoms with Crippen LogP contribution in [-0.4, -0.2) is 23.6 Å². The van der Waals surface area contributed by atoms with Gasteiger partial charge in [-0.05, 0) is 26.0 Å². The fraction of sp³-hybridized carbons (Fsp3) is 0.364. The molecular formula is C11H12Cl2O3. The Hall–Kier alpha value is -0.770. The lowest BCUT2D eigenvalue weighted by Crippen LogP contribution is -2.26. The summed E-state index contributed by atoms with van der Waals surface area (Å²) < 4.78 is 5.41. The molecule has 2 unspecified atom stereocenters. The molecular weight excluding hydrogens is 251 g/mol. The van der Waals surface area contributed by atoms with Crippen LogP contribution in [0.15, 0.2) is 12.1 Å². The lowest BCUT2D eigenvalue weighted by molar-refractivity contribution is 0.0598. The maximum Gasteiger partial charge on any atom is 0.153 e. The maximum atomic E-state index is 10.8. The first-order valence-electron chi connectivity index (χ1n) is 4.74. The Labute approximate surface area is 104 Å². The molecule has 88 valence electrons. The number of aliphatic hydroxyl groups is 1. The van der Waals surface area contributed by atoms with Crippen LogP contribution in [0.1, 0.15) is 24.2 Å². The third-order valence-electron chi connectivity index (χ3n) is 2.15. The van der Waals surface area contributed by atoms with Gasteiger partial charge in [0.2, 0.25) is 0 Å². The zero-order chi connectivity index (χ0) is 12.3. The zero-order valence-electron chi connectivity index (χ0n) is 8.91. The Morgan fingerprint density at radius 2 is 2.00 bits per heavy atom. The van der Waals surface area contributed by atoms with Gasteiger partial charge in [0.05, 0.1) is 16.7 Å². The minimum atomic E-state index is -0.661. The molecule has 2 atom stereocenters. The number of hydrogen-bond acceptors (Lipinski definition) is 3. The van der Waals surface area contributed by atoms with E-state index in [0.717, 1.165) is 0 Å². The number of carbonyl (C=O) groups excluding carboxylic acids is 1. The molecule has 0 saturated heterocycles. The van der Waals surface area contributed by atoms with Crippen molar-refractivity contribution < 1.29 is 14.6 Å². The number of ether oxygens (including phenoxy) is 1. The monoisotopic (exact) mass is 262 g/mol. The van der Waals surface area contributed by atoms with Gasteiger partial charge in [-0.2, -0.15) is 0 Å². The average molecular weight is 263 g/mol. The van der Waals surface area contributed by atoms with Crippen LogP contribution in [-0.2, 0) is 0 Å². The number of carbonyl (C=O) groups is 1. The van der Waals surface area contributed by atoms with E-state index in [-0.39, 0.29) is 16.3 Å². The quantitative estimate of drug-likeness (QED) is 0.849. The van der Waals surface area contributed by atoms with Crippen molar-refractivity contribution in [3.63, 3.8) is 0 Å². The summed E-state index contributed by atoms with van der Waals surface area (Å²) in [4.78, 5) is 10.8. The molecule has 0 aromatic heterocycles. The summed E-state index contributed by atoms with van der Waals surface area (Å²) in [5, 5.41) is 9.93. The van der Waals surface area contributed by atoms with Crippen molar-refractivity contribution in [2.45, 2.75) is 26.1 Å². The largest absolute Gasteiger partial charge is 0.486 e. The van der Waals surface area contributed by atoms with E-state index in [4.69, 9.17) is 27.9 Å². The van der Waals surface area contributed by atoms with E-state index in [2.05, 4.69) is 0 Å². The second kappa shape index (κ2) is 5.53. The van der Waals surface area contributed by atoms with E-state index in [1.807, 2.05) is 0 Å². The lowest BCUT2D eigenvalue weighted by atomic mass is 10.2. The van der Waals surface area contributed by atoms with Gasteiger partial charge in [0.15, 0.2) is 6.29 Å². The van der Waals surface area contributed by atoms with Crippen molar-refractivity contribution in [1.82, 2.24) is 0 Å². The van der Waals surface area contributed by atoms with Crippen molar-refractivity contribution in [3.8, 4) is 5.75 Å². The second-order valence-electron chi connectivity index (χ2n) is 3.49. The standard InChI is InChI=1S/C11H12Cl2O3/c1-6(15)7(2)16-11-8(5-14)3-9(12)4-10(11)13/h3-7,15H,1-2H3. The van der Waals surface area contributed by atoms with Crippen LogP contribution in [0, 0.1) is 0 Å². The van der Waals surface area contributed by atoms with Crippen LogP contribution in [0.25, 0.3) is 0 Å². The molecule has 0 amide bonds. The predicted molar refractivity (Wildman–Crippen MR) is 63.6 cm³/mol. The Morgan fingerprint density at radius 3 is 2.50 bits per heavy atom. The molecule has 0 aliphatic heterocycles. The normalized spacial score (nSPS) is 14.3. The molecule has 0 saturated carbocycles. The molecule has 0 heterocycles. The second-order valence-corrected chi connectivity index (χ2v) is 4.33. The van der Waals surface area contributed by atoms with E-state index >= 15 is 0 Å². The van der Waals surface area contributed by atoms with E-state index in [9.17, 15) is 9.90 Å². The highest BCUT2D eigenvalue weighted by molar-refractivity contribution is 6.36. The number of aldehydes is 1. The summed E-state index contributed by atoms with van der Waals surface area (Å²) >= 11 is 11.7. The van der Waals surface area contributed by atoms with E-state index in [0.29, 0.717) is 11.3 Å². The Balaban J connectivity index is 3.07. The first-order chi connectivity index (χ1) is 7.45. The minimum absolute atomic E-state index is 0.245. The number of rotatable bonds is 4. The molecule has 0 fully saturated rings. The SMILES string of the molecule is CC(O)C(C)Oc1c(Cl)cc(Cl)cc1C=O. The van der Waals surface area contributed by atoms with Gasteiger partial charge in [-0.3, -0.25) is 4.79 Å². The topological polar surface area (TPSA) is 46.5 Å². The van der Waals surface area contributed by atoms with Crippen LogP contribution in [0.2, 0.25) is 10.0 Å². The summed E-state index contributed by atoms with van der Waals surface area (Å²) in [6.45, 7) is 3.28. The molecule has 0 aliphatic rings. The summed E-state index contributed by atoms with van der Waals surface area (Å²) in [7, 11) is 0. The minimum Gasteiger partial charge on any atom is -0.486 e. The van der Waals surface area contributed by atoms with E-state index < -0.39 is 12.2 Å². The van der Waals surface area contributed by atoms with Gasteiger partial charge in [-0.15, -0.1) is 0 Å². The number of halogens is 2. The zero-order valence-corrected chi connectivity index (χ0v) is 10.4. The van der Waals surface area contributed by atoms with Gasteiger partial charge in [0.25, 0.3) is 0 Å². The lowest BCUT2D eigenvalue weighted by Gasteiger charge is -2.19. The van der Waals surface area contributed by atoms with Crippen molar-refractivity contribution in [2.75, 3.05) is 0 Å². The van der Waals surface area contributed by atoms with Crippen molar-refractivity contribution in [1.29, 1.82) is 0 Å². The number of benzene rings is 1. The smallest absolute Gasteiger partial charge is 0.153 e. The average Bonchev–Trinajstić information content (AvgIpc) is 2.21. The Morgan fingerprint density at radius 1 is 1.38 bits per heavy atom. The Kier molecular flexibility index (Phi) is 4.59. The molecule has 0 bridgehead atoms.